The van der Waals surface area contributed by atoms with Crippen molar-refractivity contribution in [2.45, 2.75) is 77.8 Å². The van der Waals surface area contributed by atoms with E-state index in [1.165, 1.54) is 56.1 Å². The van der Waals surface area contributed by atoms with Crippen molar-refractivity contribution in [2.75, 3.05) is 0 Å². The molecule has 1 aromatic carbocycles. The molecule has 2 rings (SSSR count). The maximum Gasteiger partial charge on any atom is 0.0296 e. The van der Waals surface area contributed by atoms with Crippen LogP contribution in [0.25, 0.3) is 0 Å². The highest BCUT2D eigenvalue weighted by molar-refractivity contribution is 5.28. The summed E-state index contributed by atoms with van der Waals surface area (Å²) in [6.45, 7) is 6.86. The van der Waals surface area contributed by atoms with E-state index in [-0.39, 0.29) is 0 Å². The summed E-state index contributed by atoms with van der Waals surface area (Å²) in [6, 6.07) is 9.97. The minimum absolute atomic E-state index is 0.476. The first-order valence-electron chi connectivity index (χ1n) is 8.52. The van der Waals surface area contributed by atoms with Crippen molar-refractivity contribution in [1.82, 2.24) is 5.32 Å². The van der Waals surface area contributed by atoms with Crippen molar-refractivity contribution in [2.24, 2.45) is 5.92 Å². The normalized spacial score (nSPS) is 25.1. The van der Waals surface area contributed by atoms with E-state index < -0.39 is 0 Å². The summed E-state index contributed by atoms with van der Waals surface area (Å²) in [5, 5.41) is 3.88. The second kappa shape index (κ2) is 7.83. The Bertz CT molecular complexity index is 399. The average molecular weight is 273 g/mol. The lowest BCUT2D eigenvalue weighted by molar-refractivity contribution is 0.392. The van der Waals surface area contributed by atoms with Gasteiger partial charge in [0.2, 0.25) is 0 Å². The van der Waals surface area contributed by atoms with Gasteiger partial charge in [-0.3, -0.25) is 0 Å². The predicted molar refractivity (Wildman–Crippen MR) is 88.0 cm³/mol. The maximum absolute atomic E-state index is 3.88. The van der Waals surface area contributed by atoms with Crippen LogP contribution in [0.15, 0.2) is 24.3 Å². The third-order valence-corrected chi connectivity index (χ3v) is 4.93. The van der Waals surface area contributed by atoms with Crippen LogP contribution < -0.4 is 5.32 Å². The Labute approximate surface area is 125 Å². The van der Waals surface area contributed by atoms with Crippen molar-refractivity contribution >= 4 is 0 Å². The molecule has 1 aromatic rings. The van der Waals surface area contributed by atoms with E-state index in [2.05, 4.69) is 50.4 Å². The largest absolute Gasteiger partial charge is 0.307 e. The molecule has 0 bridgehead atoms. The Morgan fingerprint density at radius 1 is 1.15 bits per heavy atom. The monoisotopic (exact) mass is 273 g/mol. The van der Waals surface area contributed by atoms with Gasteiger partial charge in [0.25, 0.3) is 0 Å². The molecular formula is C19H31N. The first-order chi connectivity index (χ1) is 9.70. The molecule has 1 fully saturated rings. The molecule has 0 amide bonds. The Hall–Kier alpha value is -0.820. The van der Waals surface area contributed by atoms with Crippen molar-refractivity contribution in [3.05, 3.63) is 35.4 Å². The van der Waals surface area contributed by atoms with E-state index in [1.807, 2.05) is 0 Å². The van der Waals surface area contributed by atoms with Crippen LogP contribution in [-0.2, 0) is 0 Å². The van der Waals surface area contributed by atoms with Gasteiger partial charge in [0, 0.05) is 12.1 Å². The maximum atomic E-state index is 3.88. The number of rotatable bonds is 5. The zero-order valence-electron chi connectivity index (χ0n) is 13.5. The van der Waals surface area contributed by atoms with E-state index in [1.54, 1.807) is 0 Å². The topological polar surface area (TPSA) is 12.0 Å². The van der Waals surface area contributed by atoms with Crippen molar-refractivity contribution in [3.8, 4) is 0 Å². The van der Waals surface area contributed by atoms with Gasteiger partial charge in [-0.1, -0.05) is 56.9 Å². The van der Waals surface area contributed by atoms with Crippen molar-refractivity contribution in [1.29, 1.82) is 0 Å². The molecule has 2 unspecified atom stereocenters. The van der Waals surface area contributed by atoms with E-state index in [9.17, 15) is 0 Å². The fourth-order valence-corrected chi connectivity index (χ4v) is 3.76. The molecular weight excluding hydrogens is 242 g/mol. The molecule has 112 valence electrons. The Kier molecular flexibility index (Phi) is 6.09. The smallest absolute Gasteiger partial charge is 0.0296 e. The molecule has 0 spiro atoms. The first kappa shape index (κ1) is 15.6. The molecule has 1 aliphatic rings. The average Bonchev–Trinajstić information content (AvgIpc) is 2.65. The summed E-state index contributed by atoms with van der Waals surface area (Å²) < 4.78 is 0. The van der Waals surface area contributed by atoms with Crippen LogP contribution >= 0.6 is 0 Å². The third kappa shape index (κ3) is 4.34. The Balaban J connectivity index is 1.88. The summed E-state index contributed by atoms with van der Waals surface area (Å²) in [6.07, 6.45) is 9.78. The standard InChI is InChI=1S/C19H31N/c1-4-8-17-10-7-11-18(14-13-17)20-16(3)19-12-6-5-9-15(19)2/h5-6,9,12,16-18,20H,4,7-8,10-11,13-14H2,1-3H3/t16-,17?,18?/m0/s1. The van der Waals surface area contributed by atoms with Crippen LogP contribution in [0.3, 0.4) is 0 Å². The fraction of sp³-hybridized carbons (Fsp3) is 0.684. The van der Waals surface area contributed by atoms with Gasteiger partial charge in [-0.2, -0.15) is 0 Å². The van der Waals surface area contributed by atoms with Crippen molar-refractivity contribution in [3.63, 3.8) is 0 Å². The molecule has 0 aliphatic heterocycles. The van der Waals surface area contributed by atoms with E-state index >= 15 is 0 Å². The molecule has 0 radical (unpaired) electrons. The summed E-state index contributed by atoms with van der Waals surface area (Å²) in [7, 11) is 0. The predicted octanol–water partition coefficient (Wildman–Crippen LogP) is 5.39. The van der Waals surface area contributed by atoms with Gasteiger partial charge in [-0.25, -0.2) is 0 Å². The fourth-order valence-electron chi connectivity index (χ4n) is 3.76. The zero-order chi connectivity index (χ0) is 14.4. The van der Waals surface area contributed by atoms with Crippen LogP contribution in [0, 0.1) is 12.8 Å². The molecule has 1 N–H and O–H groups in total. The Morgan fingerprint density at radius 3 is 2.70 bits per heavy atom. The minimum atomic E-state index is 0.476. The van der Waals surface area contributed by atoms with Gasteiger partial charge in [0.05, 0.1) is 0 Å². The van der Waals surface area contributed by atoms with Crippen molar-refractivity contribution < 1.29 is 0 Å². The lowest BCUT2D eigenvalue weighted by Gasteiger charge is -2.23. The number of aryl methyl sites for hydroxylation is 1. The number of nitrogens with one attached hydrogen (secondary N) is 1. The van der Waals surface area contributed by atoms with Gasteiger partial charge in [-0.05, 0) is 50.2 Å². The molecule has 0 saturated heterocycles. The van der Waals surface area contributed by atoms with E-state index in [4.69, 9.17) is 0 Å². The number of benzene rings is 1. The van der Waals surface area contributed by atoms with Crippen LogP contribution in [0.2, 0.25) is 0 Å². The van der Waals surface area contributed by atoms with Gasteiger partial charge < -0.3 is 5.32 Å². The lowest BCUT2D eigenvalue weighted by Crippen LogP contribution is -2.31. The molecule has 0 aromatic heterocycles. The molecule has 3 atom stereocenters. The lowest BCUT2D eigenvalue weighted by atomic mass is 9.95. The summed E-state index contributed by atoms with van der Waals surface area (Å²) in [5.41, 5.74) is 2.87. The molecule has 1 aliphatic carbocycles. The quantitative estimate of drug-likeness (QED) is 0.709. The third-order valence-electron chi connectivity index (χ3n) is 4.93. The number of hydrogen-bond acceptors (Lipinski definition) is 1. The van der Waals surface area contributed by atoms with Crippen LogP contribution in [-0.4, -0.2) is 6.04 Å². The van der Waals surface area contributed by atoms with Crippen LogP contribution in [0.5, 0.6) is 0 Å². The molecule has 1 saturated carbocycles. The summed E-state index contributed by atoms with van der Waals surface area (Å²) in [4.78, 5) is 0. The summed E-state index contributed by atoms with van der Waals surface area (Å²) >= 11 is 0. The first-order valence-corrected chi connectivity index (χ1v) is 8.52. The Morgan fingerprint density at radius 2 is 1.95 bits per heavy atom. The van der Waals surface area contributed by atoms with E-state index in [0.717, 1.165) is 5.92 Å². The highest BCUT2D eigenvalue weighted by Gasteiger charge is 2.20. The van der Waals surface area contributed by atoms with Gasteiger partial charge in [-0.15, -0.1) is 0 Å². The van der Waals surface area contributed by atoms with Crippen LogP contribution in [0.1, 0.15) is 76.0 Å². The second-order valence-corrected chi connectivity index (χ2v) is 6.60. The van der Waals surface area contributed by atoms with E-state index in [0.29, 0.717) is 12.1 Å². The summed E-state index contributed by atoms with van der Waals surface area (Å²) in [5.74, 6) is 0.987. The highest BCUT2D eigenvalue weighted by atomic mass is 14.9. The van der Waals surface area contributed by atoms with Crippen LogP contribution in [0.4, 0.5) is 0 Å². The highest BCUT2D eigenvalue weighted by Crippen LogP contribution is 2.28. The molecule has 0 heterocycles. The van der Waals surface area contributed by atoms with Gasteiger partial charge in [0.1, 0.15) is 0 Å². The molecule has 1 nitrogen and oxygen atoms in total. The second-order valence-electron chi connectivity index (χ2n) is 6.60. The SMILES string of the molecule is CCCC1CCCC(N[C@@H](C)c2ccccc2C)CC1. The number of hydrogen-bond donors (Lipinski definition) is 1. The zero-order valence-corrected chi connectivity index (χ0v) is 13.5. The molecule has 1 heteroatoms. The van der Waals surface area contributed by atoms with Gasteiger partial charge >= 0.3 is 0 Å². The minimum Gasteiger partial charge on any atom is -0.307 e. The van der Waals surface area contributed by atoms with Gasteiger partial charge in [0.15, 0.2) is 0 Å². The molecule has 20 heavy (non-hydrogen) atoms.